The minimum Gasteiger partial charge on any atom is -0.303 e. The van der Waals surface area contributed by atoms with Crippen molar-refractivity contribution in [3.8, 4) is 0 Å². The molecule has 0 aromatic heterocycles. The Kier molecular flexibility index (Phi) is 5.85. The fourth-order valence-electron chi connectivity index (χ4n) is 3.82. The lowest BCUT2D eigenvalue weighted by atomic mass is 9.82. The van der Waals surface area contributed by atoms with Crippen LogP contribution in [0.5, 0.6) is 0 Å². The molecule has 1 aliphatic carbocycles. The zero-order chi connectivity index (χ0) is 16.9. The fourth-order valence-corrected chi connectivity index (χ4v) is 4.85. The smallest absolute Gasteiger partial charge is 0.155 e. The summed E-state index contributed by atoms with van der Waals surface area (Å²) >= 11 is 1.43. The molecule has 3 unspecified atom stereocenters. The number of rotatable bonds is 7. The van der Waals surface area contributed by atoms with Gasteiger partial charge in [0.2, 0.25) is 0 Å². The van der Waals surface area contributed by atoms with E-state index in [1.807, 2.05) is 30.3 Å². The van der Waals surface area contributed by atoms with Crippen molar-refractivity contribution in [3.05, 3.63) is 35.9 Å². The standard InChI is InChI=1S/C19H23NO3S/c21-11-14-12-24-20-18(14)19(23)16-8-4-7-15(16)17(22)10-9-13-5-2-1-3-6-13/h1-3,5-6,11,14-16,18,20H,4,7-10,12H2/t14?,15-,16?,18?/m1/s1. The average molecular weight is 345 g/mol. The van der Waals surface area contributed by atoms with E-state index in [4.69, 9.17) is 0 Å². The SMILES string of the molecule is O=CC1CSNC1C(=O)C1CCC[C@H]1C(=O)CCc1ccccc1. The molecule has 0 bridgehead atoms. The quantitative estimate of drug-likeness (QED) is 0.608. The number of Topliss-reactive ketones (excluding diaryl/α,β-unsaturated/α-hetero) is 2. The van der Waals surface area contributed by atoms with Gasteiger partial charge in [-0.3, -0.25) is 14.3 Å². The Labute approximate surface area is 146 Å². The number of nitrogens with one attached hydrogen (secondary N) is 1. The molecular formula is C19H23NO3S. The van der Waals surface area contributed by atoms with Crippen molar-refractivity contribution >= 4 is 29.8 Å². The van der Waals surface area contributed by atoms with Gasteiger partial charge in [0.05, 0.1) is 6.04 Å². The van der Waals surface area contributed by atoms with Crippen molar-refractivity contribution in [3.63, 3.8) is 0 Å². The van der Waals surface area contributed by atoms with Crippen LogP contribution in [0.1, 0.15) is 31.2 Å². The normalized spacial score (nSPS) is 29.5. The minimum atomic E-state index is -0.417. The highest BCUT2D eigenvalue weighted by molar-refractivity contribution is 7.97. The second kappa shape index (κ2) is 8.08. The highest BCUT2D eigenvalue weighted by Gasteiger charge is 2.43. The Morgan fingerprint density at radius 3 is 2.67 bits per heavy atom. The average Bonchev–Trinajstić information content (AvgIpc) is 3.28. The van der Waals surface area contributed by atoms with Gasteiger partial charge in [0.1, 0.15) is 12.1 Å². The third-order valence-corrected chi connectivity index (χ3v) is 6.17. The monoisotopic (exact) mass is 345 g/mol. The number of benzene rings is 1. The van der Waals surface area contributed by atoms with E-state index in [2.05, 4.69) is 4.72 Å². The summed E-state index contributed by atoms with van der Waals surface area (Å²) in [6.45, 7) is 0. The van der Waals surface area contributed by atoms with Gasteiger partial charge in [-0.05, 0) is 24.8 Å². The molecule has 1 heterocycles. The van der Waals surface area contributed by atoms with Crippen molar-refractivity contribution in [2.45, 2.75) is 38.1 Å². The van der Waals surface area contributed by atoms with Gasteiger partial charge in [-0.15, -0.1) is 0 Å². The second-order valence-electron chi connectivity index (χ2n) is 6.70. The number of aldehydes is 1. The molecule has 3 rings (SSSR count). The van der Waals surface area contributed by atoms with Gasteiger partial charge in [-0.1, -0.05) is 48.7 Å². The summed E-state index contributed by atoms with van der Waals surface area (Å²) in [6.07, 6.45) is 4.58. The minimum absolute atomic E-state index is 0.0626. The zero-order valence-corrected chi connectivity index (χ0v) is 14.5. The Balaban J connectivity index is 1.61. The first kappa shape index (κ1) is 17.4. The van der Waals surface area contributed by atoms with Crippen LogP contribution in [0, 0.1) is 17.8 Å². The first-order chi connectivity index (χ1) is 11.7. The topological polar surface area (TPSA) is 63.2 Å². The number of aryl methyl sites for hydroxylation is 1. The lowest BCUT2D eigenvalue weighted by molar-refractivity contribution is -0.133. The van der Waals surface area contributed by atoms with Gasteiger partial charge in [-0.25, -0.2) is 0 Å². The number of ketones is 2. The molecule has 0 amide bonds. The Hall–Kier alpha value is -1.46. The molecule has 5 heteroatoms. The molecule has 1 aromatic carbocycles. The summed E-state index contributed by atoms with van der Waals surface area (Å²) in [5.41, 5.74) is 1.15. The molecule has 0 spiro atoms. The molecule has 1 saturated carbocycles. The molecule has 0 radical (unpaired) electrons. The maximum atomic E-state index is 12.8. The largest absolute Gasteiger partial charge is 0.303 e. The number of carbonyl (C=O) groups is 3. The van der Waals surface area contributed by atoms with E-state index in [-0.39, 0.29) is 29.3 Å². The van der Waals surface area contributed by atoms with Gasteiger partial charge in [0, 0.05) is 29.9 Å². The number of hydrogen-bond donors (Lipinski definition) is 1. The molecule has 1 aliphatic heterocycles. The van der Waals surface area contributed by atoms with Crippen LogP contribution in [0.15, 0.2) is 30.3 Å². The highest BCUT2D eigenvalue weighted by atomic mass is 32.2. The summed E-state index contributed by atoms with van der Waals surface area (Å²) in [5, 5.41) is 0. The number of carbonyl (C=O) groups excluding carboxylic acids is 3. The van der Waals surface area contributed by atoms with Crippen molar-refractivity contribution < 1.29 is 14.4 Å². The molecule has 4 nitrogen and oxygen atoms in total. The van der Waals surface area contributed by atoms with Gasteiger partial charge in [0.15, 0.2) is 5.78 Å². The molecule has 24 heavy (non-hydrogen) atoms. The Morgan fingerprint density at radius 1 is 1.17 bits per heavy atom. The summed E-state index contributed by atoms with van der Waals surface area (Å²) in [7, 11) is 0. The van der Waals surface area contributed by atoms with Gasteiger partial charge >= 0.3 is 0 Å². The lowest BCUT2D eigenvalue weighted by Gasteiger charge is -2.22. The van der Waals surface area contributed by atoms with Crippen molar-refractivity contribution in [1.29, 1.82) is 0 Å². The summed E-state index contributed by atoms with van der Waals surface area (Å²) in [5.74, 6) is 0.255. The molecule has 1 N–H and O–H groups in total. The van der Waals surface area contributed by atoms with E-state index in [0.717, 1.165) is 37.5 Å². The number of hydrogen-bond acceptors (Lipinski definition) is 5. The molecule has 4 atom stereocenters. The van der Waals surface area contributed by atoms with E-state index in [9.17, 15) is 14.4 Å². The van der Waals surface area contributed by atoms with Crippen LogP contribution in [0.4, 0.5) is 0 Å². The summed E-state index contributed by atoms with van der Waals surface area (Å²) in [6, 6.07) is 9.56. The Bertz CT molecular complexity index is 604. The maximum Gasteiger partial charge on any atom is 0.155 e. The third-order valence-electron chi connectivity index (χ3n) is 5.19. The van der Waals surface area contributed by atoms with Crippen LogP contribution >= 0.6 is 11.9 Å². The van der Waals surface area contributed by atoms with Crippen molar-refractivity contribution in [1.82, 2.24) is 4.72 Å². The van der Waals surface area contributed by atoms with E-state index in [1.54, 1.807) is 0 Å². The van der Waals surface area contributed by atoms with E-state index in [1.165, 1.54) is 11.9 Å². The van der Waals surface area contributed by atoms with Gasteiger partial charge < -0.3 is 4.79 Å². The van der Waals surface area contributed by atoms with E-state index >= 15 is 0 Å². The molecule has 2 aliphatic rings. The predicted octanol–water partition coefficient (Wildman–Crippen LogP) is 2.61. The first-order valence-electron chi connectivity index (χ1n) is 8.63. The van der Waals surface area contributed by atoms with Gasteiger partial charge in [-0.2, -0.15) is 0 Å². The van der Waals surface area contributed by atoms with Crippen LogP contribution < -0.4 is 4.72 Å². The summed E-state index contributed by atoms with van der Waals surface area (Å²) < 4.78 is 3.08. The zero-order valence-electron chi connectivity index (χ0n) is 13.6. The molecule has 2 fully saturated rings. The first-order valence-corrected chi connectivity index (χ1v) is 9.62. The van der Waals surface area contributed by atoms with Crippen LogP contribution in [-0.2, 0) is 20.8 Å². The van der Waals surface area contributed by atoms with Gasteiger partial charge in [0.25, 0.3) is 0 Å². The highest BCUT2D eigenvalue weighted by Crippen LogP contribution is 2.36. The van der Waals surface area contributed by atoms with Crippen LogP contribution in [0.2, 0.25) is 0 Å². The maximum absolute atomic E-state index is 12.8. The van der Waals surface area contributed by atoms with Crippen LogP contribution in [-0.4, -0.2) is 29.6 Å². The van der Waals surface area contributed by atoms with Crippen LogP contribution in [0.3, 0.4) is 0 Å². The van der Waals surface area contributed by atoms with E-state index in [0.29, 0.717) is 12.2 Å². The van der Waals surface area contributed by atoms with Crippen molar-refractivity contribution in [2.24, 2.45) is 17.8 Å². The molecule has 1 saturated heterocycles. The predicted molar refractivity (Wildman–Crippen MR) is 94.5 cm³/mol. The molecular weight excluding hydrogens is 322 g/mol. The Morgan fingerprint density at radius 2 is 1.92 bits per heavy atom. The van der Waals surface area contributed by atoms with Crippen LogP contribution in [0.25, 0.3) is 0 Å². The summed E-state index contributed by atoms with van der Waals surface area (Å²) in [4.78, 5) is 36.6. The van der Waals surface area contributed by atoms with Crippen molar-refractivity contribution in [2.75, 3.05) is 5.75 Å². The molecule has 1 aromatic rings. The fraction of sp³-hybridized carbons (Fsp3) is 0.526. The van der Waals surface area contributed by atoms with E-state index < -0.39 is 6.04 Å². The third kappa shape index (κ3) is 3.78. The lowest BCUT2D eigenvalue weighted by Crippen LogP contribution is -2.41. The second-order valence-corrected chi connectivity index (χ2v) is 7.56. The molecule has 128 valence electrons.